The molecule has 0 saturated heterocycles. The number of hydrogen-bond donors (Lipinski definition) is 3. The van der Waals surface area contributed by atoms with Crippen LogP contribution in [0.1, 0.15) is 54.4 Å². The number of nitrogens with one attached hydrogen (secondary N) is 3. The number of amidine groups is 2. The van der Waals surface area contributed by atoms with Gasteiger partial charge in [-0.1, -0.05) is 73.4 Å². The van der Waals surface area contributed by atoms with Crippen LogP contribution in [0.3, 0.4) is 0 Å². The topological polar surface area (TPSA) is 73.2 Å². The number of nitrogens with zero attached hydrogens (tertiary/aromatic N) is 3. The highest BCUT2D eigenvalue weighted by Gasteiger charge is 2.08. The van der Waals surface area contributed by atoms with Crippen molar-refractivity contribution in [2.45, 2.75) is 54.4 Å². The molecular weight excluding hydrogens is 408 g/mol. The van der Waals surface area contributed by atoms with Gasteiger partial charge in [0.1, 0.15) is 11.7 Å². The summed E-state index contributed by atoms with van der Waals surface area (Å²) in [5.74, 6) is 3.43. The Labute approximate surface area is 200 Å². The van der Waals surface area contributed by atoms with Gasteiger partial charge in [0, 0.05) is 66.1 Å². The van der Waals surface area contributed by atoms with E-state index in [0.717, 1.165) is 48.1 Å². The molecule has 3 rings (SSSR count). The summed E-state index contributed by atoms with van der Waals surface area (Å²) in [6.45, 7) is 25.1. The van der Waals surface area contributed by atoms with Crippen molar-refractivity contribution < 1.29 is 0 Å². The maximum absolute atomic E-state index is 4.33. The molecule has 0 amide bonds. The third kappa shape index (κ3) is 11.9. The molecule has 0 aromatic heterocycles. The monoisotopic (exact) mass is 450 g/mol. The molecule has 6 nitrogen and oxygen atoms in total. The molecule has 180 valence electrons. The fraction of sp³-hybridized carbons (Fsp3) is 0.444. The molecular formula is C27H42N6. The van der Waals surface area contributed by atoms with E-state index in [1.165, 1.54) is 5.71 Å². The highest BCUT2D eigenvalue weighted by atomic mass is 15.0. The van der Waals surface area contributed by atoms with Gasteiger partial charge in [0.25, 0.3) is 0 Å². The molecule has 0 aromatic rings. The Morgan fingerprint density at radius 2 is 1.48 bits per heavy atom. The summed E-state index contributed by atoms with van der Waals surface area (Å²) in [5, 5.41) is 9.36. The molecule has 0 fully saturated rings. The van der Waals surface area contributed by atoms with Crippen molar-refractivity contribution in [1.29, 1.82) is 0 Å². The molecule has 0 aliphatic carbocycles. The predicted octanol–water partition coefficient (Wildman–Crippen LogP) is 5.84. The van der Waals surface area contributed by atoms with Crippen molar-refractivity contribution in [3.05, 3.63) is 73.7 Å². The van der Waals surface area contributed by atoms with Crippen molar-refractivity contribution >= 4 is 17.4 Å². The third-order valence-electron chi connectivity index (χ3n) is 4.72. The summed E-state index contributed by atoms with van der Waals surface area (Å²) in [7, 11) is 0. The van der Waals surface area contributed by atoms with Crippen LogP contribution < -0.4 is 16.0 Å². The zero-order chi connectivity index (χ0) is 24.8. The van der Waals surface area contributed by atoms with Crippen LogP contribution in [0.25, 0.3) is 0 Å². The summed E-state index contributed by atoms with van der Waals surface area (Å²) in [4.78, 5) is 12.9. The zero-order valence-electron chi connectivity index (χ0n) is 21.3. The second kappa shape index (κ2) is 14.8. The Morgan fingerprint density at radius 3 is 2.12 bits per heavy atom. The Hall–Kier alpha value is -3.15. The average Bonchev–Trinajstić information content (AvgIpc) is 3.20. The van der Waals surface area contributed by atoms with Gasteiger partial charge in [-0.2, -0.15) is 0 Å². The van der Waals surface area contributed by atoms with E-state index in [4.69, 9.17) is 0 Å². The first-order valence-corrected chi connectivity index (χ1v) is 11.6. The fourth-order valence-corrected chi connectivity index (χ4v) is 2.76. The predicted molar refractivity (Wildman–Crippen MR) is 145 cm³/mol. The lowest BCUT2D eigenvalue weighted by atomic mass is 10.0. The summed E-state index contributed by atoms with van der Waals surface area (Å²) >= 11 is 0. The van der Waals surface area contributed by atoms with Gasteiger partial charge in [0.2, 0.25) is 0 Å². The SMILES string of the molecule is C=C1C=CCN=C(C(C)C)N1.C=C1CC(C(C)C)=NC=CN1.C=C1CC=CN=C(C(C)C)N1. The minimum absolute atomic E-state index is 0.439. The maximum atomic E-state index is 4.33. The maximum Gasteiger partial charge on any atom is 0.108 e. The molecule has 0 radical (unpaired) electrons. The molecule has 3 N–H and O–H groups in total. The van der Waals surface area contributed by atoms with Crippen LogP contribution >= 0.6 is 0 Å². The second-order valence-electron chi connectivity index (χ2n) is 8.94. The van der Waals surface area contributed by atoms with E-state index < -0.39 is 0 Å². The van der Waals surface area contributed by atoms with Gasteiger partial charge in [0.05, 0.1) is 6.54 Å². The van der Waals surface area contributed by atoms with Crippen LogP contribution in [0, 0.1) is 17.8 Å². The first-order valence-electron chi connectivity index (χ1n) is 11.6. The molecule has 0 saturated carbocycles. The first kappa shape index (κ1) is 27.9. The molecule has 3 aliphatic rings. The van der Waals surface area contributed by atoms with Crippen LogP contribution in [0.2, 0.25) is 0 Å². The van der Waals surface area contributed by atoms with Gasteiger partial charge >= 0.3 is 0 Å². The molecule has 6 heteroatoms. The van der Waals surface area contributed by atoms with Gasteiger partial charge in [-0.15, -0.1) is 0 Å². The van der Waals surface area contributed by atoms with Crippen LogP contribution in [-0.2, 0) is 0 Å². The minimum atomic E-state index is 0.439. The van der Waals surface area contributed by atoms with E-state index in [9.17, 15) is 0 Å². The summed E-state index contributed by atoms with van der Waals surface area (Å²) in [5.41, 5.74) is 4.16. The van der Waals surface area contributed by atoms with Gasteiger partial charge in [-0.05, 0) is 12.0 Å². The lowest BCUT2D eigenvalue weighted by Crippen LogP contribution is -2.25. The lowest BCUT2D eigenvalue weighted by Gasteiger charge is -2.11. The number of allylic oxidation sites excluding steroid dienone is 3. The highest BCUT2D eigenvalue weighted by molar-refractivity contribution is 5.89. The largest absolute Gasteiger partial charge is 0.364 e. The van der Waals surface area contributed by atoms with E-state index >= 15 is 0 Å². The van der Waals surface area contributed by atoms with Crippen molar-refractivity contribution in [2.24, 2.45) is 32.7 Å². The van der Waals surface area contributed by atoms with Crippen LogP contribution in [0.5, 0.6) is 0 Å². The van der Waals surface area contributed by atoms with E-state index in [-0.39, 0.29) is 0 Å². The lowest BCUT2D eigenvalue weighted by molar-refractivity contribution is 0.835. The molecule has 0 aromatic carbocycles. The Kier molecular flexibility index (Phi) is 12.5. The summed E-state index contributed by atoms with van der Waals surface area (Å²) in [6, 6.07) is 0. The standard InChI is InChI=1S/3C9H14N2/c1-7(2)9-6-8(3)10-4-5-11-9;2*1-7(2)9-10-6-4-5-8(3)11-9/h4-5,7,10H,3,6H2,1-2H3;4,6-7H,3,5H2,1-2H3,(H,10,11);4-5,7H,3,6H2,1-2H3,(H,10,11). The molecule has 0 unspecified atom stereocenters. The minimum Gasteiger partial charge on any atom is -0.364 e. The number of rotatable bonds is 3. The van der Waals surface area contributed by atoms with E-state index in [1.807, 2.05) is 30.6 Å². The summed E-state index contributed by atoms with van der Waals surface area (Å²) < 4.78 is 0. The van der Waals surface area contributed by atoms with Crippen molar-refractivity contribution in [3.8, 4) is 0 Å². The summed E-state index contributed by atoms with van der Waals surface area (Å²) in [6.07, 6.45) is 13.1. The van der Waals surface area contributed by atoms with Gasteiger partial charge in [-0.25, -0.2) is 4.99 Å². The molecule has 3 aliphatic heterocycles. The van der Waals surface area contributed by atoms with Crippen LogP contribution in [0.4, 0.5) is 0 Å². The quantitative estimate of drug-likeness (QED) is 0.506. The molecule has 33 heavy (non-hydrogen) atoms. The average molecular weight is 451 g/mol. The third-order valence-corrected chi connectivity index (χ3v) is 4.72. The molecule has 3 heterocycles. The highest BCUT2D eigenvalue weighted by Crippen LogP contribution is 2.09. The molecule has 0 spiro atoms. The van der Waals surface area contributed by atoms with Crippen LogP contribution in [0.15, 0.2) is 88.6 Å². The Bertz CT molecular complexity index is 815. The van der Waals surface area contributed by atoms with Crippen molar-refractivity contribution in [1.82, 2.24) is 16.0 Å². The normalized spacial score (nSPS) is 17.7. The smallest absolute Gasteiger partial charge is 0.108 e. The van der Waals surface area contributed by atoms with Gasteiger partial charge in [0.15, 0.2) is 0 Å². The first-order chi connectivity index (χ1) is 15.6. The van der Waals surface area contributed by atoms with Gasteiger partial charge < -0.3 is 16.0 Å². The Balaban J connectivity index is 0.000000247. The number of aliphatic imine (C=N–C) groups is 3. The van der Waals surface area contributed by atoms with Crippen molar-refractivity contribution in [3.63, 3.8) is 0 Å². The molecule has 0 bridgehead atoms. The van der Waals surface area contributed by atoms with Gasteiger partial charge in [-0.3, -0.25) is 9.98 Å². The van der Waals surface area contributed by atoms with Crippen LogP contribution in [-0.4, -0.2) is 23.9 Å². The second-order valence-corrected chi connectivity index (χ2v) is 8.94. The van der Waals surface area contributed by atoms with E-state index in [0.29, 0.717) is 17.8 Å². The Morgan fingerprint density at radius 1 is 0.788 bits per heavy atom. The van der Waals surface area contributed by atoms with E-state index in [1.54, 1.807) is 6.20 Å². The number of hydrogen-bond acceptors (Lipinski definition) is 6. The molecule has 0 atom stereocenters. The zero-order valence-corrected chi connectivity index (χ0v) is 21.3. The van der Waals surface area contributed by atoms with Crippen molar-refractivity contribution in [2.75, 3.05) is 6.54 Å². The van der Waals surface area contributed by atoms with E-state index in [2.05, 4.69) is 92.2 Å². The fourth-order valence-electron chi connectivity index (χ4n) is 2.76.